The van der Waals surface area contributed by atoms with Crippen LogP contribution in [0.3, 0.4) is 0 Å². The van der Waals surface area contributed by atoms with E-state index >= 15 is 0 Å². The number of carbonyl (C=O) groups excluding carboxylic acids is 2. The number of benzene rings is 1. The minimum absolute atomic E-state index is 0.376. The lowest BCUT2D eigenvalue weighted by Gasteiger charge is -2.29. The van der Waals surface area contributed by atoms with Gasteiger partial charge in [0, 0.05) is 19.3 Å². The van der Waals surface area contributed by atoms with Gasteiger partial charge >= 0.3 is 11.9 Å². The molecule has 5 heteroatoms. The van der Waals surface area contributed by atoms with Gasteiger partial charge in [-0.2, -0.15) is 0 Å². The molecular formula is C16H17NO4. The molecule has 5 nitrogen and oxygen atoms in total. The van der Waals surface area contributed by atoms with E-state index in [0.29, 0.717) is 5.75 Å². The van der Waals surface area contributed by atoms with Gasteiger partial charge in [-0.3, -0.25) is 4.79 Å². The van der Waals surface area contributed by atoms with Crippen LogP contribution in [0.15, 0.2) is 48.8 Å². The molecule has 0 saturated heterocycles. The second-order valence-electron chi connectivity index (χ2n) is 4.77. The Morgan fingerprint density at radius 3 is 2.14 bits per heavy atom. The smallest absolute Gasteiger partial charge is 0.336 e. The molecular weight excluding hydrogens is 270 g/mol. The van der Waals surface area contributed by atoms with Crippen molar-refractivity contribution < 1.29 is 19.1 Å². The van der Waals surface area contributed by atoms with Gasteiger partial charge in [0.2, 0.25) is 0 Å². The van der Waals surface area contributed by atoms with E-state index in [-0.39, 0.29) is 11.9 Å². The first-order valence-corrected chi connectivity index (χ1v) is 6.49. The van der Waals surface area contributed by atoms with Gasteiger partial charge in [-0.05, 0) is 36.8 Å². The zero-order valence-corrected chi connectivity index (χ0v) is 12.2. The van der Waals surface area contributed by atoms with Crippen molar-refractivity contribution in [1.82, 2.24) is 4.57 Å². The lowest BCUT2D eigenvalue weighted by Crippen LogP contribution is -2.40. The van der Waals surface area contributed by atoms with E-state index in [1.165, 1.54) is 14.0 Å². The number of aromatic nitrogens is 1. The standard InChI is InChI=1S/C16H17NO4/c1-12(18)21-14-8-6-13(7-9-14)16(2,15(19)20-3)17-10-4-5-11-17/h4-11H,1-3H3. The fourth-order valence-electron chi connectivity index (χ4n) is 2.22. The summed E-state index contributed by atoms with van der Waals surface area (Å²) < 4.78 is 11.7. The third-order valence-corrected chi connectivity index (χ3v) is 3.38. The van der Waals surface area contributed by atoms with Crippen molar-refractivity contribution in [1.29, 1.82) is 0 Å². The first kappa shape index (κ1) is 14.8. The summed E-state index contributed by atoms with van der Waals surface area (Å²) in [7, 11) is 1.36. The van der Waals surface area contributed by atoms with Crippen LogP contribution in [0, 0.1) is 0 Å². The maximum atomic E-state index is 12.3. The van der Waals surface area contributed by atoms with E-state index in [1.54, 1.807) is 48.1 Å². The Morgan fingerprint density at radius 1 is 1.10 bits per heavy atom. The van der Waals surface area contributed by atoms with Crippen LogP contribution < -0.4 is 4.74 Å². The Balaban J connectivity index is 2.43. The average molecular weight is 287 g/mol. The topological polar surface area (TPSA) is 57.5 Å². The van der Waals surface area contributed by atoms with E-state index in [4.69, 9.17) is 9.47 Å². The first-order valence-electron chi connectivity index (χ1n) is 6.49. The number of esters is 2. The van der Waals surface area contributed by atoms with Gasteiger partial charge in [-0.25, -0.2) is 4.79 Å². The fourth-order valence-corrected chi connectivity index (χ4v) is 2.22. The Kier molecular flexibility index (Phi) is 4.12. The minimum atomic E-state index is -0.979. The monoisotopic (exact) mass is 287 g/mol. The lowest BCUT2D eigenvalue weighted by atomic mass is 9.91. The summed E-state index contributed by atoms with van der Waals surface area (Å²) in [6.07, 6.45) is 3.60. The molecule has 0 amide bonds. The maximum absolute atomic E-state index is 12.3. The summed E-state index contributed by atoms with van der Waals surface area (Å²) in [5, 5.41) is 0. The van der Waals surface area contributed by atoms with Crippen molar-refractivity contribution in [3.8, 4) is 5.75 Å². The molecule has 1 atom stereocenters. The maximum Gasteiger partial charge on any atom is 0.336 e. The second-order valence-corrected chi connectivity index (χ2v) is 4.77. The first-order chi connectivity index (χ1) is 9.98. The zero-order valence-electron chi connectivity index (χ0n) is 12.2. The second kappa shape index (κ2) is 5.83. The van der Waals surface area contributed by atoms with Crippen LogP contribution in [-0.4, -0.2) is 23.6 Å². The Labute approximate surface area is 123 Å². The summed E-state index contributed by atoms with van der Waals surface area (Å²) in [6.45, 7) is 3.12. The largest absolute Gasteiger partial charge is 0.467 e. The van der Waals surface area contributed by atoms with E-state index in [9.17, 15) is 9.59 Å². The molecule has 0 spiro atoms. The van der Waals surface area contributed by atoms with Crippen LogP contribution >= 0.6 is 0 Å². The lowest BCUT2D eigenvalue weighted by molar-refractivity contribution is -0.148. The van der Waals surface area contributed by atoms with Crippen LogP contribution in [0.2, 0.25) is 0 Å². The van der Waals surface area contributed by atoms with Crippen molar-refractivity contribution in [2.75, 3.05) is 7.11 Å². The van der Waals surface area contributed by atoms with Crippen molar-refractivity contribution >= 4 is 11.9 Å². The molecule has 1 aromatic heterocycles. The summed E-state index contributed by atoms with van der Waals surface area (Å²) in [6, 6.07) is 10.5. The molecule has 0 bridgehead atoms. The third-order valence-electron chi connectivity index (χ3n) is 3.38. The van der Waals surface area contributed by atoms with Gasteiger partial charge < -0.3 is 14.0 Å². The number of nitrogens with zero attached hydrogens (tertiary/aromatic N) is 1. The summed E-state index contributed by atoms with van der Waals surface area (Å²) >= 11 is 0. The highest BCUT2D eigenvalue weighted by atomic mass is 16.5. The Morgan fingerprint density at radius 2 is 1.67 bits per heavy atom. The molecule has 1 heterocycles. The minimum Gasteiger partial charge on any atom is -0.467 e. The van der Waals surface area contributed by atoms with Crippen molar-refractivity contribution in [2.24, 2.45) is 0 Å². The highest BCUT2D eigenvalue weighted by Gasteiger charge is 2.37. The molecule has 0 fully saturated rings. The molecule has 0 saturated carbocycles. The molecule has 0 radical (unpaired) electrons. The number of hydrogen-bond donors (Lipinski definition) is 0. The van der Waals surface area contributed by atoms with Crippen LogP contribution in [0.25, 0.3) is 0 Å². The van der Waals surface area contributed by atoms with Crippen LogP contribution in [0.5, 0.6) is 5.75 Å². The van der Waals surface area contributed by atoms with Crippen LogP contribution in [-0.2, 0) is 19.9 Å². The van der Waals surface area contributed by atoms with Gasteiger partial charge in [0.05, 0.1) is 7.11 Å². The third kappa shape index (κ3) is 2.81. The number of methoxy groups -OCH3 is 1. The predicted molar refractivity (Wildman–Crippen MR) is 76.9 cm³/mol. The van der Waals surface area contributed by atoms with Crippen molar-refractivity contribution in [3.63, 3.8) is 0 Å². The van der Waals surface area contributed by atoms with Gasteiger partial charge in [-0.1, -0.05) is 12.1 Å². The summed E-state index contributed by atoms with van der Waals surface area (Å²) in [4.78, 5) is 23.2. The molecule has 0 aliphatic rings. The van der Waals surface area contributed by atoms with Crippen LogP contribution in [0.1, 0.15) is 19.4 Å². The van der Waals surface area contributed by atoms with Gasteiger partial charge in [0.15, 0.2) is 5.54 Å². The molecule has 110 valence electrons. The number of rotatable bonds is 4. The number of hydrogen-bond acceptors (Lipinski definition) is 4. The Hall–Kier alpha value is -2.56. The highest BCUT2D eigenvalue weighted by molar-refractivity contribution is 5.82. The summed E-state index contributed by atoms with van der Waals surface area (Å²) in [5.74, 6) is -0.325. The molecule has 1 unspecified atom stereocenters. The number of ether oxygens (including phenoxy) is 2. The van der Waals surface area contributed by atoms with E-state index in [1.807, 2.05) is 12.1 Å². The molecule has 21 heavy (non-hydrogen) atoms. The van der Waals surface area contributed by atoms with Crippen LogP contribution in [0.4, 0.5) is 0 Å². The quantitative estimate of drug-likeness (QED) is 0.640. The summed E-state index contributed by atoms with van der Waals surface area (Å²) in [5.41, 5.74) is -0.242. The molecule has 1 aromatic carbocycles. The zero-order chi connectivity index (χ0) is 15.5. The predicted octanol–water partition coefficient (Wildman–Crippen LogP) is 2.35. The fraction of sp³-hybridized carbons (Fsp3) is 0.250. The van der Waals surface area contributed by atoms with Gasteiger partial charge in [0.1, 0.15) is 5.75 Å². The SMILES string of the molecule is COC(=O)C(C)(c1ccc(OC(C)=O)cc1)n1cccc1. The van der Waals surface area contributed by atoms with Gasteiger partial charge in [0.25, 0.3) is 0 Å². The molecule has 0 aliphatic carbocycles. The highest BCUT2D eigenvalue weighted by Crippen LogP contribution is 2.29. The molecule has 0 aliphatic heterocycles. The molecule has 0 N–H and O–H groups in total. The number of carbonyl (C=O) groups is 2. The van der Waals surface area contributed by atoms with E-state index in [2.05, 4.69) is 0 Å². The average Bonchev–Trinajstić information content (AvgIpc) is 3.00. The van der Waals surface area contributed by atoms with Crippen molar-refractivity contribution in [2.45, 2.75) is 19.4 Å². The van der Waals surface area contributed by atoms with E-state index in [0.717, 1.165) is 5.56 Å². The van der Waals surface area contributed by atoms with E-state index < -0.39 is 5.54 Å². The van der Waals surface area contributed by atoms with Crippen molar-refractivity contribution in [3.05, 3.63) is 54.4 Å². The Bertz CT molecular complexity index is 631. The molecule has 2 aromatic rings. The van der Waals surface area contributed by atoms with Gasteiger partial charge in [-0.15, -0.1) is 0 Å². The molecule has 2 rings (SSSR count). The normalized spacial score (nSPS) is 13.3.